The summed E-state index contributed by atoms with van der Waals surface area (Å²) in [6.07, 6.45) is 1.94. The van der Waals surface area contributed by atoms with Crippen molar-refractivity contribution in [3.05, 3.63) is 150 Å². The summed E-state index contributed by atoms with van der Waals surface area (Å²) in [6, 6.07) is 47.4. The van der Waals surface area contributed by atoms with E-state index in [1.54, 1.807) is 0 Å². The van der Waals surface area contributed by atoms with Crippen molar-refractivity contribution in [2.24, 2.45) is 22.7 Å². The van der Waals surface area contributed by atoms with Gasteiger partial charge in [-0.1, -0.05) is 151 Å². The van der Waals surface area contributed by atoms with Crippen molar-refractivity contribution in [3.8, 4) is 16.9 Å². The maximum atomic E-state index is 6.51. The van der Waals surface area contributed by atoms with Crippen molar-refractivity contribution in [2.45, 2.75) is 79.2 Å². The van der Waals surface area contributed by atoms with Crippen molar-refractivity contribution in [1.29, 1.82) is 0 Å². The van der Waals surface area contributed by atoms with E-state index >= 15 is 0 Å². The Kier molecular flexibility index (Phi) is 10.3. The van der Waals surface area contributed by atoms with E-state index in [2.05, 4.69) is 193 Å². The van der Waals surface area contributed by atoms with Crippen LogP contribution in [0.1, 0.15) is 84.6 Å². The van der Waals surface area contributed by atoms with Gasteiger partial charge in [0.1, 0.15) is 11.7 Å². The van der Waals surface area contributed by atoms with Crippen molar-refractivity contribution in [2.75, 3.05) is 11.5 Å². The summed E-state index contributed by atoms with van der Waals surface area (Å²) in [4.78, 5) is 12.6. The topological polar surface area (TPSA) is 42.6 Å². The smallest absolute Gasteiger partial charge is 0.518 e. The molecule has 0 unspecified atom stereocenters. The first-order chi connectivity index (χ1) is 27.3. The molecule has 296 valence electrons. The maximum absolute atomic E-state index is 6.51. The zero-order valence-electron chi connectivity index (χ0n) is 35.0. The third-order valence-electron chi connectivity index (χ3n) is 12.3. The van der Waals surface area contributed by atoms with Gasteiger partial charge in [0.25, 0.3) is 0 Å². The largest absolute Gasteiger partial charge is 2.00 e. The van der Waals surface area contributed by atoms with E-state index in [0.717, 1.165) is 56.0 Å². The van der Waals surface area contributed by atoms with Crippen molar-refractivity contribution in [3.63, 3.8) is 0 Å². The van der Waals surface area contributed by atoms with E-state index in [4.69, 9.17) is 14.7 Å². The van der Waals surface area contributed by atoms with Crippen molar-refractivity contribution < 1.29 is 25.8 Å². The molecule has 2 aliphatic heterocycles. The standard InChI is InChI=1S/C52H52N4O.Pt/c1-32(2)49(33(3)4)43-31-57-50(54-43)36-25-35(34-17-11-10-12-18-34)26-38(27-36)55-45-22-16-14-20-41(45)52(8,9)42-29-40-39-19-13-15-21-44(39)56(46(40)30-47(42)55)48-28-37(23-24-53-48)51(5,6)7;/h10-26,28-29,32-33,43,49H,31H2,1-9H3;/q-2;+2/t43-;/m0./s1. The second-order valence-electron chi connectivity index (χ2n) is 18.2. The molecular weight excluding hydrogens is 892 g/mol. The first kappa shape index (κ1) is 39.8. The molecule has 0 aliphatic carbocycles. The zero-order valence-corrected chi connectivity index (χ0v) is 37.3. The number of benzene rings is 5. The van der Waals surface area contributed by atoms with Crippen LogP contribution in [0.5, 0.6) is 0 Å². The molecule has 1 atom stereocenters. The number of para-hydroxylation sites is 2. The van der Waals surface area contributed by atoms with Gasteiger partial charge in [-0.25, -0.2) is 4.98 Å². The summed E-state index contributed by atoms with van der Waals surface area (Å²) in [6.45, 7) is 21.2. The molecule has 0 amide bonds. The molecule has 7 aromatic rings. The zero-order chi connectivity index (χ0) is 39.8. The minimum Gasteiger partial charge on any atom is -0.518 e. The summed E-state index contributed by atoms with van der Waals surface area (Å²) in [5.74, 6) is 2.97. The molecule has 0 N–H and O–H groups in total. The fraction of sp³-hybridized carbons (Fsp3) is 0.308. The van der Waals surface area contributed by atoms with Crippen LogP contribution >= 0.6 is 0 Å². The van der Waals surface area contributed by atoms with Gasteiger partial charge >= 0.3 is 21.1 Å². The minimum atomic E-state index is -0.310. The quantitative estimate of drug-likeness (QED) is 0.150. The molecule has 2 aliphatic rings. The molecule has 0 radical (unpaired) electrons. The summed E-state index contributed by atoms with van der Waals surface area (Å²) in [5, 5.41) is 2.34. The van der Waals surface area contributed by atoms with Gasteiger partial charge in [0.05, 0.1) is 12.6 Å². The van der Waals surface area contributed by atoms with Gasteiger partial charge in [-0.05, 0) is 80.6 Å². The monoisotopic (exact) mass is 943 g/mol. The van der Waals surface area contributed by atoms with Gasteiger partial charge in [0.2, 0.25) is 0 Å². The molecule has 4 heterocycles. The van der Waals surface area contributed by atoms with Crippen LogP contribution in [-0.4, -0.2) is 28.1 Å². The average molecular weight is 944 g/mol. The number of hydrogen-bond acceptors (Lipinski definition) is 4. The van der Waals surface area contributed by atoms with E-state index in [1.807, 2.05) is 6.20 Å². The Morgan fingerprint density at radius 1 is 0.759 bits per heavy atom. The molecule has 0 fully saturated rings. The predicted octanol–water partition coefficient (Wildman–Crippen LogP) is 12.9. The molecule has 0 spiro atoms. The molecule has 5 aromatic carbocycles. The van der Waals surface area contributed by atoms with Gasteiger partial charge in [-0.15, -0.1) is 35.2 Å². The van der Waals surface area contributed by atoms with Crippen LogP contribution < -0.4 is 4.90 Å². The number of nitrogens with zero attached hydrogens (tertiary/aromatic N) is 4. The van der Waals surface area contributed by atoms with E-state index in [1.165, 1.54) is 22.1 Å². The van der Waals surface area contributed by atoms with Crippen LogP contribution in [0.15, 0.2) is 120 Å². The Morgan fingerprint density at radius 2 is 1.47 bits per heavy atom. The number of anilines is 3. The summed E-state index contributed by atoms with van der Waals surface area (Å²) in [7, 11) is 0. The Hall–Kier alpha value is -4.99. The SMILES string of the molecule is CC(C)C(C(C)C)[C@@H]1COC(c2[c-]c(N3c4[c-]c5c(cc4C(C)(C)c4ccccc43)c3ccccc3n5-c3cc(C(C)(C)C)ccn3)cc(-c3ccccc3)c2)=N1.[Pt+2]. The van der Waals surface area contributed by atoms with Crippen LogP contribution in [0.25, 0.3) is 38.8 Å². The van der Waals surface area contributed by atoms with Crippen LogP contribution in [0.3, 0.4) is 0 Å². The molecule has 0 bridgehead atoms. The van der Waals surface area contributed by atoms with Gasteiger partial charge in [-0.3, -0.25) is 4.99 Å². The molecule has 0 saturated carbocycles. The Balaban J connectivity index is 0.00000469. The number of rotatable bonds is 7. The van der Waals surface area contributed by atoms with Crippen LogP contribution in [0.2, 0.25) is 0 Å². The van der Waals surface area contributed by atoms with E-state index in [9.17, 15) is 0 Å². The fourth-order valence-electron chi connectivity index (χ4n) is 9.52. The third-order valence-corrected chi connectivity index (χ3v) is 12.3. The maximum Gasteiger partial charge on any atom is 2.00 e. The van der Waals surface area contributed by atoms with Crippen LogP contribution in [-0.2, 0) is 36.6 Å². The predicted molar refractivity (Wildman–Crippen MR) is 237 cm³/mol. The van der Waals surface area contributed by atoms with Crippen molar-refractivity contribution in [1.82, 2.24) is 9.55 Å². The normalized spacial score (nSPS) is 16.1. The van der Waals surface area contributed by atoms with Crippen LogP contribution in [0.4, 0.5) is 17.1 Å². The number of pyridine rings is 1. The second-order valence-corrected chi connectivity index (χ2v) is 18.2. The number of fused-ring (bicyclic) bond motifs is 5. The Labute approximate surface area is 358 Å². The molecular formula is C52H52N4OPt. The van der Waals surface area contributed by atoms with Gasteiger partial charge in [-0.2, -0.15) is 6.07 Å². The second kappa shape index (κ2) is 15.0. The van der Waals surface area contributed by atoms with Gasteiger partial charge in [0, 0.05) is 17.4 Å². The molecule has 9 rings (SSSR count). The van der Waals surface area contributed by atoms with Gasteiger partial charge in [0.15, 0.2) is 0 Å². The fourth-order valence-corrected chi connectivity index (χ4v) is 9.52. The van der Waals surface area contributed by atoms with E-state index in [0.29, 0.717) is 30.3 Å². The Bertz CT molecular complexity index is 2670. The molecule has 58 heavy (non-hydrogen) atoms. The number of ether oxygens (including phenoxy) is 1. The Morgan fingerprint density at radius 3 is 2.21 bits per heavy atom. The molecule has 5 nitrogen and oxygen atoms in total. The van der Waals surface area contributed by atoms with Gasteiger partial charge < -0.3 is 14.2 Å². The van der Waals surface area contributed by atoms with Crippen molar-refractivity contribution >= 4 is 44.8 Å². The molecule has 0 saturated heterocycles. The number of aromatic nitrogens is 2. The minimum absolute atomic E-state index is 0. The van der Waals surface area contributed by atoms with E-state index < -0.39 is 0 Å². The third kappa shape index (κ3) is 6.70. The first-order valence-corrected chi connectivity index (χ1v) is 20.5. The summed E-state index contributed by atoms with van der Waals surface area (Å²) < 4.78 is 8.80. The molecule has 6 heteroatoms. The van der Waals surface area contributed by atoms with E-state index in [-0.39, 0.29) is 37.9 Å². The number of hydrogen-bond donors (Lipinski definition) is 0. The van der Waals surface area contributed by atoms with Crippen LogP contribution in [0, 0.1) is 29.9 Å². The summed E-state index contributed by atoms with van der Waals surface area (Å²) in [5.41, 5.74) is 11.6. The first-order valence-electron chi connectivity index (χ1n) is 20.5. The average Bonchev–Trinajstić information content (AvgIpc) is 3.80. The molecule has 2 aromatic heterocycles. The summed E-state index contributed by atoms with van der Waals surface area (Å²) >= 11 is 0. The number of aliphatic imine (C=N–C) groups is 1.